The first-order chi connectivity index (χ1) is 9.79. The zero-order chi connectivity index (χ0) is 13.9. The number of fused-ring (bicyclic) bond motifs is 1. The Labute approximate surface area is 120 Å². The Kier molecular flexibility index (Phi) is 3.79. The van der Waals surface area contributed by atoms with Crippen LogP contribution in [0.25, 0.3) is 0 Å². The quantitative estimate of drug-likeness (QED) is 0.924. The van der Waals surface area contributed by atoms with E-state index in [-0.39, 0.29) is 0 Å². The second kappa shape index (κ2) is 5.71. The third-order valence-electron chi connectivity index (χ3n) is 4.08. The second-order valence-corrected chi connectivity index (χ2v) is 5.52. The molecule has 0 saturated heterocycles. The van der Waals surface area contributed by atoms with Crippen LogP contribution in [0.4, 0.5) is 0 Å². The fourth-order valence-corrected chi connectivity index (χ4v) is 3.23. The van der Waals surface area contributed by atoms with E-state index in [9.17, 15) is 0 Å². The lowest BCUT2D eigenvalue weighted by Crippen LogP contribution is -2.26. The Hall–Kier alpha value is -1.74. The number of likely N-dealkylation sites (N-methyl/N-ethyl adjacent to an activating group) is 1. The van der Waals surface area contributed by atoms with Crippen LogP contribution in [0.1, 0.15) is 47.7 Å². The number of aromatic nitrogens is 2. The van der Waals surface area contributed by atoms with Crippen molar-refractivity contribution in [3.63, 3.8) is 0 Å². The molecule has 0 spiro atoms. The summed E-state index contributed by atoms with van der Waals surface area (Å²) in [7, 11) is 0. The molecular weight excluding hydrogens is 246 g/mol. The summed E-state index contributed by atoms with van der Waals surface area (Å²) in [6.07, 6.45) is 8.11. The van der Waals surface area contributed by atoms with E-state index in [1.807, 2.05) is 24.7 Å². The maximum Gasteiger partial charge on any atom is 0.0485 e. The molecule has 0 bridgehead atoms. The van der Waals surface area contributed by atoms with Gasteiger partial charge in [-0.3, -0.25) is 9.97 Å². The van der Waals surface area contributed by atoms with Crippen molar-refractivity contribution < 1.29 is 0 Å². The highest BCUT2D eigenvalue weighted by molar-refractivity contribution is 5.33. The second-order valence-electron chi connectivity index (χ2n) is 5.52. The summed E-state index contributed by atoms with van der Waals surface area (Å²) in [5.41, 5.74) is 5.15. The van der Waals surface area contributed by atoms with Crippen molar-refractivity contribution in [1.82, 2.24) is 15.3 Å². The number of nitrogens with zero attached hydrogens (tertiary/aromatic N) is 2. The van der Waals surface area contributed by atoms with Crippen molar-refractivity contribution in [2.45, 2.75) is 38.6 Å². The van der Waals surface area contributed by atoms with Crippen molar-refractivity contribution in [2.24, 2.45) is 0 Å². The van der Waals surface area contributed by atoms with Gasteiger partial charge in [-0.05, 0) is 49.1 Å². The molecule has 0 radical (unpaired) electrons. The van der Waals surface area contributed by atoms with Gasteiger partial charge in [0.15, 0.2) is 0 Å². The fraction of sp³-hybridized carbons (Fsp3) is 0.412. The van der Waals surface area contributed by atoms with Crippen LogP contribution in [0.3, 0.4) is 0 Å². The molecule has 2 aromatic rings. The van der Waals surface area contributed by atoms with Crippen molar-refractivity contribution in [2.75, 3.05) is 6.54 Å². The highest BCUT2D eigenvalue weighted by atomic mass is 14.9. The normalized spacial score (nSPS) is 18.8. The average molecular weight is 267 g/mol. The van der Waals surface area contributed by atoms with Crippen molar-refractivity contribution >= 4 is 0 Å². The van der Waals surface area contributed by atoms with Crippen LogP contribution in [0.5, 0.6) is 0 Å². The molecule has 1 aliphatic carbocycles. The lowest BCUT2D eigenvalue weighted by Gasteiger charge is -2.25. The van der Waals surface area contributed by atoms with E-state index in [0.717, 1.165) is 19.4 Å². The molecule has 3 nitrogen and oxygen atoms in total. The lowest BCUT2D eigenvalue weighted by molar-refractivity contribution is 0.446. The van der Waals surface area contributed by atoms with E-state index in [1.54, 1.807) is 0 Å². The number of hydrogen-bond acceptors (Lipinski definition) is 3. The maximum absolute atomic E-state index is 4.63. The first-order valence-electron chi connectivity index (χ1n) is 7.38. The van der Waals surface area contributed by atoms with Gasteiger partial charge in [0.2, 0.25) is 0 Å². The molecule has 0 aromatic carbocycles. The summed E-state index contributed by atoms with van der Waals surface area (Å²) in [6, 6.07) is 6.79. The SMILES string of the molecule is CCNC(c1cncc(C)c1)C1CCc2cccnc21. The zero-order valence-electron chi connectivity index (χ0n) is 12.1. The van der Waals surface area contributed by atoms with Crippen LogP contribution in [0.15, 0.2) is 36.8 Å². The van der Waals surface area contributed by atoms with Gasteiger partial charge in [-0.1, -0.05) is 19.1 Å². The van der Waals surface area contributed by atoms with Gasteiger partial charge in [0.25, 0.3) is 0 Å². The predicted octanol–water partition coefficient (Wildman–Crippen LogP) is 3.17. The zero-order valence-corrected chi connectivity index (χ0v) is 12.1. The summed E-state index contributed by atoms with van der Waals surface area (Å²) in [5.74, 6) is 0.453. The average Bonchev–Trinajstić information content (AvgIpc) is 2.88. The number of nitrogens with one attached hydrogen (secondary N) is 1. The van der Waals surface area contributed by atoms with E-state index in [2.05, 4.69) is 41.3 Å². The number of aryl methyl sites for hydroxylation is 2. The molecule has 0 aliphatic heterocycles. The molecule has 2 unspecified atom stereocenters. The summed E-state index contributed by atoms with van der Waals surface area (Å²) in [5, 5.41) is 3.63. The molecule has 1 aliphatic rings. The Balaban J connectivity index is 1.96. The van der Waals surface area contributed by atoms with Gasteiger partial charge < -0.3 is 5.32 Å². The van der Waals surface area contributed by atoms with E-state index >= 15 is 0 Å². The summed E-state index contributed by atoms with van der Waals surface area (Å²) in [6.45, 7) is 5.21. The standard InChI is InChI=1S/C17H21N3/c1-3-19-17(14-9-12(2)10-18-11-14)15-7-6-13-5-4-8-20-16(13)15/h4-5,8-11,15,17,19H,3,6-7H2,1-2H3. The molecular formula is C17H21N3. The molecule has 2 aromatic heterocycles. The topological polar surface area (TPSA) is 37.8 Å². The van der Waals surface area contributed by atoms with Crippen molar-refractivity contribution in [3.8, 4) is 0 Å². The summed E-state index contributed by atoms with van der Waals surface area (Å²) in [4.78, 5) is 8.99. The first-order valence-corrected chi connectivity index (χ1v) is 7.38. The molecule has 0 saturated carbocycles. The van der Waals surface area contributed by atoms with Gasteiger partial charge in [0.05, 0.1) is 0 Å². The van der Waals surface area contributed by atoms with Crippen LogP contribution in [-0.4, -0.2) is 16.5 Å². The van der Waals surface area contributed by atoms with E-state index < -0.39 is 0 Å². The largest absolute Gasteiger partial charge is 0.310 e. The van der Waals surface area contributed by atoms with Gasteiger partial charge >= 0.3 is 0 Å². The minimum atomic E-state index is 0.309. The van der Waals surface area contributed by atoms with E-state index in [1.165, 1.54) is 22.4 Å². The van der Waals surface area contributed by atoms with Gasteiger partial charge in [-0.25, -0.2) is 0 Å². The Morgan fingerprint density at radius 3 is 3.10 bits per heavy atom. The number of pyridine rings is 2. The minimum Gasteiger partial charge on any atom is -0.310 e. The fourth-order valence-electron chi connectivity index (χ4n) is 3.23. The molecule has 1 N–H and O–H groups in total. The van der Waals surface area contributed by atoms with Crippen LogP contribution in [0.2, 0.25) is 0 Å². The molecule has 104 valence electrons. The van der Waals surface area contributed by atoms with Gasteiger partial charge in [0.1, 0.15) is 0 Å². The monoisotopic (exact) mass is 267 g/mol. The highest BCUT2D eigenvalue weighted by Gasteiger charge is 2.31. The van der Waals surface area contributed by atoms with Crippen molar-refractivity contribution in [3.05, 3.63) is 59.2 Å². The Morgan fingerprint density at radius 2 is 2.30 bits per heavy atom. The van der Waals surface area contributed by atoms with E-state index in [0.29, 0.717) is 12.0 Å². The minimum absolute atomic E-state index is 0.309. The van der Waals surface area contributed by atoms with Crippen LogP contribution in [0, 0.1) is 6.92 Å². The molecule has 3 heteroatoms. The highest BCUT2D eigenvalue weighted by Crippen LogP contribution is 2.40. The third-order valence-corrected chi connectivity index (χ3v) is 4.08. The van der Waals surface area contributed by atoms with Gasteiger partial charge in [-0.2, -0.15) is 0 Å². The summed E-state index contributed by atoms with van der Waals surface area (Å²) >= 11 is 0. The maximum atomic E-state index is 4.63. The Morgan fingerprint density at radius 1 is 1.40 bits per heavy atom. The first kappa shape index (κ1) is 13.3. The van der Waals surface area contributed by atoms with Crippen LogP contribution >= 0.6 is 0 Å². The van der Waals surface area contributed by atoms with Crippen molar-refractivity contribution in [1.29, 1.82) is 0 Å². The molecule has 0 amide bonds. The van der Waals surface area contributed by atoms with Gasteiger partial charge in [0, 0.05) is 36.2 Å². The molecule has 2 heterocycles. The Bertz CT molecular complexity index is 594. The van der Waals surface area contributed by atoms with Crippen LogP contribution < -0.4 is 5.32 Å². The third kappa shape index (κ3) is 2.46. The number of hydrogen-bond donors (Lipinski definition) is 1. The number of rotatable bonds is 4. The lowest BCUT2D eigenvalue weighted by atomic mass is 9.91. The predicted molar refractivity (Wildman–Crippen MR) is 80.7 cm³/mol. The molecule has 2 atom stereocenters. The smallest absolute Gasteiger partial charge is 0.0485 e. The molecule has 0 fully saturated rings. The van der Waals surface area contributed by atoms with Gasteiger partial charge in [-0.15, -0.1) is 0 Å². The van der Waals surface area contributed by atoms with E-state index in [4.69, 9.17) is 0 Å². The molecule has 3 rings (SSSR count). The van der Waals surface area contributed by atoms with Crippen LogP contribution in [-0.2, 0) is 6.42 Å². The molecule has 20 heavy (non-hydrogen) atoms. The summed E-state index contributed by atoms with van der Waals surface area (Å²) < 4.78 is 0.